The van der Waals surface area contributed by atoms with Crippen LogP contribution in [0.5, 0.6) is 5.75 Å². The zero-order valence-corrected chi connectivity index (χ0v) is 11.0. The topological polar surface area (TPSA) is 45.9 Å². The Bertz CT molecular complexity index is 540. The molecule has 0 aliphatic carbocycles. The Hall–Kier alpha value is -1.86. The van der Waals surface area contributed by atoms with Crippen LogP contribution in [0.25, 0.3) is 0 Å². The molecule has 2 rings (SSSR count). The average Bonchev–Trinajstić information content (AvgIpc) is 2.87. The minimum atomic E-state index is 0.587. The summed E-state index contributed by atoms with van der Waals surface area (Å²) in [6, 6.07) is 10.2. The summed E-state index contributed by atoms with van der Waals surface area (Å²) in [6.45, 7) is 2.72. The minimum Gasteiger partial charge on any atom is -0.493 e. The van der Waals surface area contributed by atoms with Crippen LogP contribution >= 0.6 is 11.3 Å². The number of nitrogens with zero attached hydrogens (tertiary/aromatic N) is 2. The molecule has 0 bridgehead atoms. The third kappa shape index (κ3) is 3.31. The van der Waals surface area contributed by atoms with Gasteiger partial charge >= 0.3 is 0 Å². The lowest BCUT2D eigenvalue weighted by molar-refractivity contribution is 0.321. The first-order valence-corrected chi connectivity index (χ1v) is 6.70. The fourth-order valence-electron chi connectivity index (χ4n) is 1.56. The summed E-state index contributed by atoms with van der Waals surface area (Å²) in [5.74, 6) is 0.879. The highest BCUT2D eigenvalue weighted by atomic mass is 32.1. The van der Waals surface area contributed by atoms with E-state index in [-0.39, 0.29) is 0 Å². The van der Waals surface area contributed by atoms with Crippen LogP contribution in [-0.4, -0.2) is 11.6 Å². The van der Waals surface area contributed by atoms with Gasteiger partial charge in [0.05, 0.1) is 17.8 Å². The average molecular weight is 258 g/mol. The van der Waals surface area contributed by atoms with Gasteiger partial charge in [-0.25, -0.2) is 4.98 Å². The summed E-state index contributed by atoms with van der Waals surface area (Å²) in [5, 5.41) is 9.63. The lowest BCUT2D eigenvalue weighted by atomic mass is 10.2. The number of ether oxygens (including phenoxy) is 1. The van der Waals surface area contributed by atoms with Crippen LogP contribution < -0.4 is 4.74 Å². The zero-order chi connectivity index (χ0) is 12.8. The van der Waals surface area contributed by atoms with E-state index in [0.29, 0.717) is 11.5 Å². The molecule has 0 fully saturated rings. The second kappa shape index (κ2) is 6.18. The van der Waals surface area contributed by atoms with Gasteiger partial charge in [0.1, 0.15) is 16.7 Å². The summed E-state index contributed by atoms with van der Waals surface area (Å²) in [4.78, 5) is 4.81. The predicted molar refractivity (Wildman–Crippen MR) is 71.8 cm³/mol. The van der Waals surface area contributed by atoms with Gasteiger partial charge in [-0.1, -0.05) is 19.1 Å². The van der Waals surface area contributed by atoms with E-state index in [1.165, 1.54) is 16.9 Å². The maximum absolute atomic E-state index is 8.69. The molecule has 0 N–H and O–H groups in total. The van der Waals surface area contributed by atoms with Gasteiger partial charge in [-0.2, -0.15) is 5.26 Å². The van der Waals surface area contributed by atoms with Crippen molar-refractivity contribution in [1.29, 1.82) is 5.26 Å². The molecule has 0 saturated carbocycles. The first-order chi connectivity index (χ1) is 8.81. The van der Waals surface area contributed by atoms with E-state index in [4.69, 9.17) is 10.00 Å². The van der Waals surface area contributed by atoms with Crippen molar-refractivity contribution >= 4 is 11.3 Å². The molecular formula is C14H14N2OS. The molecule has 92 valence electrons. The van der Waals surface area contributed by atoms with E-state index in [0.717, 1.165) is 23.6 Å². The molecule has 0 radical (unpaired) electrons. The van der Waals surface area contributed by atoms with Crippen LogP contribution in [0.4, 0.5) is 0 Å². The van der Waals surface area contributed by atoms with Gasteiger partial charge in [-0.05, 0) is 24.1 Å². The molecule has 1 aromatic heterocycles. The highest BCUT2D eigenvalue weighted by Crippen LogP contribution is 2.15. The maximum atomic E-state index is 8.69. The van der Waals surface area contributed by atoms with Gasteiger partial charge in [0.15, 0.2) is 0 Å². The molecule has 0 unspecified atom stereocenters. The van der Waals surface area contributed by atoms with Gasteiger partial charge in [0.25, 0.3) is 0 Å². The summed E-state index contributed by atoms with van der Waals surface area (Å²) >= 11 is 1.42. The van der Waals surface area contributed by atoms with Crippen LogP contribution in [0.2, 0.25) is 0 Å². The number of nitriles is 1. The molecule has 0 spiro atoms. The number of hydrogen-bond donors (Lipinski definition) is 0. The molecule has 0 aliphatic heterocycles. The molecular weight excluding hydrogens is 244 g/mol. The van der Waals surface area contributed by atoms with Crippen molar-refractivity contribution < 1.29 is 4.74 Å². The summed E-state index contributed by atoms with van der Waals surface area (Å²) in [7, 11) is 0. The van der Waals surface area contributed by atoms with Crippen LogP contribution in [0.3, 0.4) is 0 Å². The lowest BCUT2D eigenvalue weighted by Crippen LogP contribution is -2.00. The van der Waals surface area contributed by atoms with Crippen molar-refractivity contribution in [2.75, 3.05) is 6.61 Å². The Labute approximate surface area is 111 Å². The van der Waals surface area contributed by atoms with E-state index in [9.17, 15) is 0 Å². The molecule has 4 heteroatoms. The van der Waals surface area contributed by atoms with Crippen LogP contribution in [0.1, 0.15) is 22.4 Å². The lowest BCUT2D eigenvalue weighted by Gasteiger charge is -2.05. The molecule has 1 heterocycles. The summed E-state index contributed by atoms with van der Waals surface area (Å²) in [5.41, 5.74) is 1.31. The second-order valence-electron chi connectivity index (χ2n) is 3.83. The van der Waals surface area contributed by atoms with Crippen molar-refractivity contribution in [2.24, 2.45) is 0 Å². The molecule has 0 amide bonds. The maximum Gasteiger partial charge on any atom is 0.124 e. The van der Waals surface area contributed by atoms with E-state index in [1.54, 1.807) is 6.20 Å². The quantitative estimate of drug-likeness (QED) is 0.827. The van der Waals surface area contributed by atoms with Gasteiger partial charge < -0.3 is 4.74 Å². The SMILES string of the molecule is CCc1ccc(OCCc2ncc(C#N)s2)cc1. The van der Waals surface area contributed by atoms with Gasteiger partial charge in [0.2, 0.25) is 0 Å². The highest BCUT2D eigenvalue weighted by Gasteiger charge is 2.01. The molecule has 0 aliphatic rings. The van der Waals surface area contributed by atoms with E-state index >= 15 is 0 Å². The van der Waals surface area contributed by atoms with E-state index in [1.807, 2.05) is 12.1 Å². The first kappa shape index (κ1) is 12.6. The van der Waals surface area contributed by atoms with Gasteiger partial charge in [-0.3, -0.25) is 0 Å². The Morgan fingerprint density at radius 3 is 2.72 bits per heavy atom. The van der Waals surface area contributed by atoms with Crippen molar-refractivity contribution in [3.8, 4) is 11.8 Å². The molecule has 18 heavy (non-hydrogen) atoms. The van der Waals surface area contributed by atoms with Crippen LogP contribution in [0.15, 0.2) is 30.5 Å². The number of aromatic nitrogens is 1. The van der Waals surface area contributed by atoms with E-state index < -0.39 is 0 Å². The highest BCUT2D eigenvalue weighted by molar-refractivity contribution is 7.12. The fraction of sp³-hybridized carbons (Fsp3) is 0.286. The largest absolute Gasteiger partial charge is 0.493 e. The number of benzene rings is 1. The Balaban J connectivity index is 1.82. The second-order valence-corrected chi connectivity index (χ2v) is 4.94. The Morgan fingerprint density at radius 2 is 2.11 bits per heavy atom. The zero-order valence-electron chi connectivity index (χ0n) is 10.2. The number of aryl methyl sites for hydroxylation is 1. The number of thiazole rings is 1. The van der Waals surface area contributed by atoms with Crippen LogP contribution in [-0.2, 0) is 12.8 Å². The summed E-state index contributed by atoms with van der Waals surface area (Å²) < 4.78 is 5.64. The Kier molecular flexibility index (Phi) is 4.32. The normalized spacial score (nSPS) is 10.0. The van der Waals surface area contributed by atoms with Gasteiger partial charge in [-0.15, -0.1) is 11.3 Å². The molecule has 1 aromatic carbocycles. The first-order valence-electron chi connectivity index (χ1n) is 5.88. The van der Waals surface area contributed by atoms with Gasteiger partial charge in [0, 0.05) is 6.42 Å². The summed E-state index contributed by atoms with van der Waals surface area (Å²) in [6.07, 6.45) is 3.38. The van der Waals surface area contributed by atoms with E-state index in [2.05, 4.69) is 30.1 Å². The molecule has 0 saturated heterocycles. The van der Waals surface area contributed by atoms with Crippen molar-refractivity contribution in [2.45, 2.75) is 19.8 Å². The minimum absolute atomic E-state index is 0.587. The monoisotopic (exact) mass is 258 g/mol. The predicted octanol–water partition coefficient (Wildman–Crippen LogP) is 3.20. The standard InChI is InChI=1S/C14H14N2OS/c1-2-11-3-5-12(6-4-11)17-8-7-14-16-10-13(9-15)18-14/h3-6,10H,2,7-8H2,1H3. The number of rotatable bonds is 5. The smallest absolute Gasteiger partial charge is 0.124 e. The third-order valence-electron chi connectivity index (χ3n) is 2.58. The Morgan fingerprint density at radius 1 is 1.33 bits per heavy atom. The third-order valence-corrected chi connectivity index (χ3v) is 3.54. The van der Waals surface area contributed by atoms with Crippen molar-refractivity contribution in [1.82, 2.24) is 4.98 Å². The van der Waals surface area contributed by atoms with Crippen molar-refractivity contribution in [3.63, 3.8) is 0 Å². The van der Waals surface area contributed by atoms with Crippen LogP contribution in [0, 0.1) is 11.3 Å². The number of hydrogen-bond acceptors (Lipinski definition) is 4. The van der Waals surface area contributed by atoms with Crippen molar-refractivity contribution in [3.05, 3.63) is 45.9 Å². The molecule has 2 aromatic rings. The fourth-order valence-corrected chi connectivity index (χ4v) is 2.25. The molecule has 3 nitrogen and oxygen atoms in total. The molecule has 0 atom stereocenters.